The van der Waals surface area contributed by atoms with Gasteiger partial charge in [0.2, 0.25) is 0 Å². The molecule has 0 amide bonds. The molecule has 3 rings (SSSR count). The van der Waals surface area contributed by atoms with Crippen LogP contribution in [0.4, 0.5) is 13.2 Å². The van der Waals surface area contributed by atoms with Crippen LogP contribution in [0.3, 0.4) is 0 Å². The molecule has 19 heavy (non-hydrogen) atoms. The van der Waals surface area contributed by atoms with E-state index in [1.54, 1.807) is 12.3 Å². The number of alkyl halides is 3. The van der Waals surface area contributed by atoms with Crippen LogP contribution in [0.25, 0.3) is 5.69 Å². The predicted octanol–water partition coefficient (Wildman–Crippen LogP) is 2.54. The first kappa shape index (κ1) is 12.2. The number of nitrogens with zero attached hydrogens (tertiary/aromatic N) is 2. The third-order valence-electron chi connectivity index (χ3n) is 3.25. The van der Waals surface area contributed by atoms with Crippen molar-refractivity contribution in [3.05, 3.63) is 47.3 Å². The van der Waals surface area contributed by atoms with Crippen molar-refractivity contribution >= 4 is 0 Å². The number of benzene rings is 1. The lowest BCUT2D eigenvalue weighted by Crippen LogP contribution is -2.25. The van der Waals surface area contributed by atoms with Gasteiger partial charge in [-0.3, -0.25) is 0 Å². The monoisotopic (exact) mass is 267 g/mol. The zero-order valence-electron chi connectivity index (χ0n) is 10.0. The van der Waals surface area contributed by atoms with Crippen LogP contribution >= 0.6 is 0 Å². The molecule has 1 aromatic heterocycles. The van der Waals surface area contributed by atoms with Crippen LogP contribution in [0.5, 0.6) is 0 Å². The van der Waals surface area contributed by atoms with Crippen molar-refractivity contribution in [3.8, 4) is 5.69 Å². The number of nitrogens with one attached hydrogen (secondary N) is 1. The average molecular weight is 267 g/mol. The van der Waals surface area contributed by atoms with E-state index in [1.165, 1.54) is 16.8 Å². The van der Waals surface area contributed by atoms with E-state index >= 15 is 0 Å². The molecular formula is C13H12F3N3. The average Bonchev–Trinajstić information content (AvgIpc) is 2.81. The number of rotatable bonds is 1. The first-order valence-corrected chi connectivity index (χ1v) is 6.00. The van der Waals surface area contributed by atoms with Gasteiger partial charge in [-0.1, -0.05) is 12.1 Å². The van der Waals surface area contributed by atoms with Crippen molar-refractivity contribution in [3.63, 3.8) is 0 Å². The Morgan fingerprint density at radius 2 is 2.00 bits per heavy atom. The van der Waals surface area contributed by atoms with Crippen LogP contribution in [0.2, 0.25) is 0 Å². The summed E-state index contributed by atoms with van der Waals surface area (Å²) in [6.45, 7) is 1.41. The van der Waals surface area contributed by atoms with Crippen LogP contribution in [0.15, 0.2) is 30.5 Å². The smallest absolute Gasteiger partial charge is 0.312 e. The molecule has 1 aromatic carbocycles. The number of para-hydroxylation sites is 1. The minimum absolute atomic E-state index is 0.0955. The molecule has 100 valence electrons. The molecule has 0 saturated heterocycles. The summed E-state index contributed by atoms with van der Waals surface area (Å²) in [6.07, 6.45) is -2.06. The molecule has 0 atom stereocenters. The zero-order chi connectivity index (χ0) is 13.5. The molecule has 6 heteroatoms. The summed E-state index contributed by atoms with van der Waals surface area (Å²) in [7, 11) is 0. The molecule has 0 spiro atoms. The molecule has 1 aliphatic rings. The molecule has 0 unspecified atom stereocenters. The highest BCUT2D eigenvalue weighted by Crippen LogP contribution is 2.34. The number of hydrogen-bond donors (Lipinski definition) is 1. The number of hydrogen-bond acceptors (Lipinski definition) is 2. The Kier molecular flexibility index (Phi) is 2.82. The van der Waals surface area contributed by atoms with Crippen molar-refractivity contribution in [2.45, 2.75) is 19.1 Å². The Hall–Kier alpha value is -1.82. The molecule has 0 fully saturated rings. The quantitative estimate of drug-likeness (QED) is 0.860. The Morgan fingerprint density at radius 1 is 1.21 bits per heavy atom. The molecule has 1 N–H and O–H groups in total. The Labute approximate surface area is 108 Å². The van der Waals surface area contributed by atoms with Crippen molar-refractivity contribution in [2.75, 3.05) is 6.54 Å². The topological polar surface area (TPSA) is 29.9 Å². The number of fused-ring (bicyclic) bond motifs is 1. The standard InChI is InChI=1S/C13H12F3N3/c14-13(15,16)10-3-1-2-4-12(10)19-11-5-6-17-7-9(11)8-18-19/h1-4,8,17H,5-7H2. The maximum atomic E-state index is 13.0. The van der Waals surface area contributed by atoms with Crippen LogP contribution < -0.4 is 5.32 Å². The minimum atomic E-state index is -4.37. The molecule has 1 aliphatic heterocycles. The fraction of sp³-hybridized carbons (Fsp3) is 0.308. The predicted molar refractivity (Wildman–Crippen MR) is 64.0 cm³/mol. The second-order valence-corrected chi connectivity index (χ2v) is 4.47. The molecule has 2 heterocycles. The fourth-order valence-electron chi connectivity index (χ4n) is 2.36. The second kappa shape index (κ2) is 4.38. The SMILES string of the molecule is FC(F)(F)c1ccccc1-n1ncc2c1CCNC2. The molecule has 0 radical (unpaired) electrons. The van der Waals surface area contributed by atoms with Gasteiger partial charge in [0.25, 0.3) is 0 Å². The van der Waals surface area contributed by atoms with Crippen LogP contribution in [-0.4, -0.2) is 16.3 Å². The van der Waals surface area contributed by atoms with Crippen molar-refractivity contribution in [2.24, 2.45) is 0 Å². The molecular weight excluding hydrogens is 255 g/mol. The van der Waals surface area contributed by atoms with E-state index in [1.807, 2.05) is 0 Å². The van der Waals surface area contributed by atoms with Gasteiger partial charge in [0.05, 0.1) is 17.4 Å². The summed E-state index contributed by atoms with van der Waals surface area (Å²) >= 11 is 0. The highest BCUT2D eigenvalue weighted by atomic mass is 19.4. The van der Waals surface area contributed by atoms with E-state index in [9.17, 15) is 13.2 Å². The first-order valence-electron chi connectivity index (χ1n) is 6.00. The van der Waals surface area contributed by atoms with E-state index in [0.717, 1.165) is 23.9 Å². The summed E-state index contributed by atoms with van der Waals surface area (Å²) in [5.41, 5.74) is 1.26. The van der Waals surface area contributed by atoms with Crippen molar-refractivity contribution < 1.29 is 13.2 Å². The molecule has 0 aliphatic carbocycles. The van der Waals surface area contributed by atoms with E-state index in [-0.39, 0.29) is 5.69 Å². The Bertz CT molecular complexity index is 601. The molecule has 3 nitrogen and oxygen atoms in total. The van der Waals surface area contributed by atoms with Gasteiger partial charge in [0, 0.05) is 30.8 Å². The number of aromatic nitrogens is 2. The summed E-state index contributed by atoms with van der Waals surface area (Å²) in [4.78, 5) is 0. The Balaban J connectivity index is 2.15. The second-order valence-electron chi connectivity index (χ2n) is 4.47. The van der Waals surface area contributed by atoms with E-state index in [0.29, 0.717) is 13.0 Å². The van der Waals surface area contributed by atoms with Gasteiger partial charge in [0.1, 0.15) is 0 Å². The fourth-order valence-corrected chi connectivity index (χ4v) is 2.36. The third-order valence-corrected chi connectivity index (χ3v) is 3.25. The summed E-state index contributed by atoms with van der Waals surface area (Å²) in [6, 6.07) is 5.53. The summed E-state index contributed by atoms with van der Waals surface area (Å²) in [5, 5.41) is 7.29. The van der Waals surface area contributed by atoms with E-state index in [2.05, 4.69) is 10.4 Å². The highest BCUT2D eigenvalue weighted by molar-refractivity contribution is 5.44. The lowest BCUT2D eigenvalue weighted by molar-refractivity contribution is -0.137. The van der Waals surface area contributed by atoms with Gasteiger partial charge in [-0.05, 0) is 12.1 Å². The van der Waals surface area contributed by atoms with Gasteiger partial charge in [-0.15, -0.1) is 0 Å². The minimum Gasteiger partial charge on any atom is -0.312 e. The van der Waals surface area contributed by atoms with Crippen molar-refractivity contribution in [1.29, 1.82) is 0 Å². The lowest BCUT2D eigenvalue weighted by atomic mass is 10.1. The van der Waals surface area contributed by atoms with Gasteiger partial charge >= 0.3 is 6.18 Å². The molecule has 2 aromatic rings. The summed E-state index contributed by atoms with van der Waals surface area (Å²) < 4.78 is 40.5. The van der Waals surface area contributed by atoms with Crippen LogP contribution in [0, 0.1) is 0 Å². The van der Waals surface area contributed by atoms with E-state index in [4.69, 9.17) is 0 Å². The normalized spacial score (nSPS) is 15.3. The van der Waals surface area contributed by atoms with E-state index < -0.39 is 11.7 Å². The third kappa shape index (κ3) is 2.12. The molecule has 0 saturated carbocycles. The van der Waals surface area contributed by atoms with Gasteiger partial charge in [-0.25, -0.2) is 4.68 Å². The Morgan fingerprint density at radius 3 is 2.79 bits per heavy atom. The lowest BCUT2D eigenvalue weighted by Gasteiger charge is -2.18. The molecule has 0 bridgehead atoms. The van der Waals surface area contributed by atoms with Gasteiger partial charge in [0.15, 0.2) is 0 Å². The zero-order valence-corrected chi connectivity index (χ0v) is 10.0. The van der Waals surface area contributed by atoms with Crippen molar-refractivity contribution in [1.82, 2.24) is 15.1 Å². The van der Waals surface area contributed by atoms with Gasteiger partial charge < -0.3 is 5.32 Å². The maximum Gasteiger partial charge on any atom is 0.418 e. The van der Waals surface area contributed by atoms with Crippen LogP contribution in [-0.2, 0) is 19.1 Å². The van der Waals surface area contributed by atoms with Crippen LogP contribution in [0.1, 0.15) is 16.8 Å². The first-order chi connectivity index (χ1) is 9.07. The highest BCUT2D eigenvalue weighted by Gasteiger charge is 2.34. The largest absolute Gasteiger partial charge is 0.418 e. The maximum absolute atomic E-state index is 13.0. The number of halogens is 3. The van der Waals surface area contributed by atoms with Gasteiger partial charge in [-0.2, -0.15) is 18.3 Å². The summed E-state index contributed by atoms with van der Waals surface area (Å²) in [5.74, 6) is 0.